The molecular weight excluding hydrogens is 414 g/mol. The summed E-state index contributed by atoms with van der Waals surface area (Å²) in [5, 5.41) is 10.8. The number of nitrogens with one attached hydrogen (secondary N) is 1. The molecule has 1 amide bonds. The van der Waals surface area contributed by atoms with Gasteiger partial charge in [-0.2, -0.15) is 0 Å². The van der Waals surface area contributed by atoms with Crippen LogP contribution in [0.2, 0.25) is 0 Å². The summed E-state index contributed by atoms with van der Waals surface area (Å²) >= 11 is 5.32. The molecule has 2 heterocycles. The van der Waals surface area contributed by atoms with Gasteiger partial charge in [-0.05, 0) is 18.2 Å². The third kappa shape index (κ3) is 5.06. The standard InChI is InChI=1S/C14H13N5O3S4/c1-22-11(21)6-24-13-17-8-3-2-7(4-9(8)25-13)16-10(20)5-23-14-19-18-12(15)26-14/h2-4H,5-6H2,1H3,(H2,15,18)(H,16,20). The Balaban J connectivity index is 1.59. The molecule has 12 heteroatoms. The molecule has 0 bridgehead atoms. The molecule has 0 radical (unpaired) electrons. The van der Waals surface area contributed by atoms with Crippen molar-refractivity contribution in [3.05, 3.63) is 18.2 Å². The number of anilines is 2. The number of esters is 1. The summed E-state index contributed by atoms with van der Waals surface area (Å²) < 4.78 is 6.98. The molecule has 0 unspecified atom stereocenters. The zero-order valence-electron chi connectivity index (χ0n) is 13.4. The molecule has 1 aromatic carbocycles. The van der Waals surface area contributed by atoms with E-state index in [4.69, 9.17) is 5.73 Å². The van der Waals surface area contributed by atoms with Gasteiger partial charge in [-0.1, -0.05) is 34.9 Å². The van der Waals surface area contributed by atoms with E-state index in [0.717, 1.165) is 14.6 Å². The lowest BCUT2D eigenvalue weighted by Gasteiger charge is -2.03. The topological polar surface area (TPSA) is 120 Å². The summed E-state index contributed by atoms with van der Waals surface area (Å²) in [5.74, 6) is -0.00659. The lowest BCUT2D eigenvalue weighted by molar-refractivity contribution is -0.137. The van der Waals surface area contributed by atoms with Crippen LogP contribution < -0.4 is 11.1 Å². The van der Waals surface area contributed by atoms with E-state index in [1.54, 1.807) is 6.07 Å². The van der Waals surface area contributed by atoms with Gasteiger partial charge in [-0.15, -0.1) is 21.5 Å². The zero-order chi connectivity index (χ0) is 18.5. The summed E-state index contributed by atoms with van der Waals surface area (Å²) in [6.45, 7) is 0. The molecule has 0 saturated heterocycles. The Morgan fingerprint density at radius 1 is 1.19 bits per heavy atom. The van der Waals surface area contributed by atoms with Crippen LogP contribution in [0.15, 0.2) is 26.9 Å². The molecule has 2 aromatic heterocycles. The first-order chi connectivity index (χ1) is 12.5. The van der Waals surface area contributed by atoms with Gasteiger partial charge in [0, 0.05) is 5.69 Å². The second-order valence-electron chi connectivity index (χ2n) is 4.77. The van der Waals surface area contributed by atoms with Crippen molar-refractivity contribution in [2.24, 2.45) is 0 Å². The van der Waals surface area contributed by atoms with E-state index in [2.05, 4.69) is 25.2 Å². The van der Waals surface area contributed by atoms with Crippen molar-refractivity contribution >= 4 is 79.1 Å². The van der Waals surface area contributed by atoms with E-state index in [-0.39, 0.29) is 23.4 Å². The van der Waals surface area contributed by atoms with E-state index >= 15 is 0 Å². The average Bonchev–Trinajstić information content (AvgIpc) is 3.23. The maximum absolute atomic E-state index is 12.1. The third-order valence-corrected chi connectivity index (χ3v) is 6.96. The molecule has 0 aliphatic carbocycles. The van der Waals surface area contributed by atoms with E-state index in [9.17, 15) is 9.59 Å². The summed E-state index contributed by atoms with van der Waals surface area (Å²) in [6, 6.07) is 5.49. The summed E-state index contributed by atoms with van der Waals surface area (Å²) in [4.78, 5) is 27.7. The van der Waals surface area contributed by atoms with E-state index in [1.807, 2.05) is 12.1 Å². The molecule has 0 fully saturated rings. The fourth-order valence-electron chi connectivity index (χ4n) is 1.83. The highest BCUT2D eigenvalue weighted by molar-refractivity contribution is 8.02. The number of hydrogen-bond acceptors (Lipinski definition) is 11. The summed E-state index contributed by atoms with van der Waals surface area (Å²) in [6.07, 6.45) is 0. The van der Waals surface area contributed by atoms with Crippen LogP contribution in [0, 0.1) is 0 Å². The van der Waals surface area contributed by atoms with Gasteiger partial charge >= 0.3 is 5.97 Å². The zero-order valence-corrected chi connectivity index (χ0v) is 16.7. The van der Waals surface area contributed by atoms with Gasteiger partial charge in [0.05, 0.1) is 28.8 Å². The van der Waals surface area contributed by atoms with E-state index in [0.29, 0.717) is 15.2 Å². The van der Waals surface area contributed by atoms with Gasteiger partial charge in [0.15, 0.2) is 8.68 Å². The van der Waals surface area contributed by atoms with Crippen LogP contribution in [0.5, 0.6) is 0 Å². The minimum atomic E-state index is -0.295. The van der Waals surface area contributed by atoms with Gasteiger partial charge in [0.2, 0.25) is 11.0 Å². The van der Waals surface area contributed by atoms with Crippen LogP contribution in [0.3, 0.4) is 0 Å². The Morgan fingerprint density at radius 2 is 2.00 bits per heavy atom. The van der Waals surface area contributed by atoms with Crippen molar-refractivity contribution in [2.75, 3.05) is 29.7 Å². The number of carbonyl (C=O) groups excluding carboxylic acids is 2. The third-order valence-electron chi connectivity index (χ3n) is 2.94. The van der Waals surface area contributed by atoms with Crippen molar-refractivity contribution < 1.29 is 14.3 Å². The lowest BCUT2D eigenvalue weighted by Crippen LogP contribution is -2.13. The quantitative estimate of drug-likeness (QED) is 0.433. The molecule has 0 saturated carbocycles. The van der Waals surface area contributed by atoms with Crippen LogP contribution in [0.25, 0.3) is 10.2 Å². The Bertz CT molecular complexity index is 942. The number of nitrogens with zero attached hydrogens (tertiary/aromatic N) is 3. The highest BCUT2D eigenvalue weighted by Crippen LogP contribution is 2.31. The number of benzene rings is 1. The predicted molar refractivity (Wildman–Crippen MR) is 106 cm³/mol. The Hall–Kier alpha value is -1.89. The van der Waals surface area contributed by atoms with Crippen molar-refractivity contribution in [3.63, 3.8) is 0 Å². The van der Waals surface area contributed by atoms with E-state index in [1.165, 1.54) is 53.3 Å². The molecule has 3 aromatic rings. The number of rotatable bonds is 7. The number of aromatic nitrogens is 3. The smallest absolute Gasteiger partial charge is 0.316 e. The van der Waals surface area contributed by atoms with Crippen LogP contribution >= 0.6 is 46.2 Å². The Morgan fingerprint density at radius 3 is 2.73 bits per heavy atom. The molecular formula is C14H13N5O3S4. The van der Waals surface area contributed by atoms with Crippen LogP contribution in [0.1, 0.15) is 0 Å². The van der Waals surface area contributed by atoms with Gasteiger partial charge in [0.25, 0.3) is 0 Å². The molecule has 3 N–H and O–H groups in total. The number of hydrogen-bond donors (Lipinski definition) is 2. The van der Waals surface area contributed by atoms with Crippen molar-refractivity contribution in [1.82, 2.24) is 15.2 Å². The largest absolute Gasteiger partial charge is 0.468 e. The number of ether oxygens (including phenoxy) is 1. The van der Waals surface area contributed by atoms with Crippen LogP contribution in [-0.4, -0.2) is 45.7 Å². The van der Waals surface area contributed by atoms with Crippen molar-refractivity contribution in [3.8, 4) is 0 Å². The molecule has 0 aliphatic rings. The van der Waals surface area contributed by atoms with Gasteiger partial charge < -0.3 is 15.8 Å². The Kier molecular flexibility index (Phi) is 6.29. The number of nitrogens with two attached hydrogens (primary N) is 1. The molecule has 8 nitrogen and oxygen atoms in total. The van der Waals surface area contributed by atoms with Gasteiger partial charge in [-0.3, -0.25) is 9.59 Å². The van der Waals surface area contributed by atoms with E-state index < -0.39 is 0 Å². The highest BCUT2D eigenvalue weighted by atomic mass is 32.2. The molecule has 136 valence electrons. The number of fused-ring (bicyclic) bond motifs is 1. The van der Waals surface area contributed by atoms with Crippen LogP contribution in [-0.2, 0) is 14.3 Å². The van der Waals surface area contributed by atoms with Crippen molar-refractivity contribution in [2.45, 2.75) is 8.68 Å². The second kappa shape index (κ2) is 8.66. The number of thiazole rings is 1. The normalized spacial score (nSPS) is 10.8. The predicted octanol–water partition coefficient (Wildman–Crippen LogP) is 2.73. The molecule has 3 rings (SSSR count). The van der Waals surface area contributed by atoms with Crippen molar-refractivity contribution in [1.29, 1.82) is 0 Å². The molecule has 0 aliphatic heterocycles. The minimum Gasteiger partial charge on any atom is -0.468 e. The molecule has 26 heavy (non-hydrogen) atoms. The number of amides is 1. The number of thioether (sulfide) groups is 2. The second-order valence-corrected chi connectivity index (χ2v) is 9.25. The molecule has 0 spiro atoms. The highest BCUT2D eigenvalue weighted by Gasteiger charge is 2.10. The Labute approximate surface area is 164 Å². The van der Waals surface area contributed by atoms with Crippen LogP contribution in [0.4, 0.5) is 10.8 Å². The lowest BCUT2D eigenvalue weighted by atomic mass is 10.3. The molecule has 0 atom stereocenters. The van der Waals surface area contributed by atoms with Gasteiger partial charge in [0.1, 0.15) is 0 Å². The summed E-state index contributed by atoms with van der Waals surface area (Å²) in [7, 11) is 1.36. The fourth-order valence-corrected chi connectivity index (χ4v) is 5.20. The maximum Gasteiger partial charge on any atom is 0.316 e. The SMILES string of the molecule is COC(=O)CSc1nc2ccc(NC(=O)CSc3nnc(N)s3)cc2s1. The fraction of sp³-hybridized carbons (Fsp3) is 0.214. The first kappa shape index (κ1) is 18.9. The first-order valence-electron chi connectivity index (χ1n) is 7.15. The minimum absolute atomic E-state index is 0.145. The number of carbonyl (C=O) groups is 2. The van der Waals surface area contributed by atoms with Gasteiger partial charge in [-0.25, -0.2) is 4.98 Å². The monoisotopic (exact) mass is 427 g/mol. The first-order valence-corrected chi connectivity index (χ1v) is 10.8. The number of methoxy groups -OCH3 is 1. The number of nitrogen functional groups attached to an aromatic ring is 1. The average molecular weight is 428 g/mol. The summed E-state index contributed by atoms with van der Waals surface area (Å²) in [5.41, 5.74) is 7.01. The maximum atomic E-state index is 12.1.